The summed E-state index contributed by atoms with van der Waals surface area (Å²) in [6.07, 6.45) is 4.16. The van der Waals surface area contributed by atoms with E-state index in [0.29, 0.717) is 61.6 Å². The van der Waals surface area contributed by atoms with Gasteiger partial charge >= 0.3 is 0 Å². The number of amides is 1. The third-order valence-corrected chi connectivity index (χ3v) is 4.42. The number of hydrogen-bond donors (Lipinski definition) is 1. The van der Waals surface area contributed by atoms with E-state index in [1.165, 1.54) is 0 Å². The number of benzene rings is 1. The van der Waals surface area contributed by atoms with Crippen LogP contribution >= 0.6 is 11.6 Å². The third kappa shape index (κ3) is 4.42. The Kier molecular flexibility index (Phi) is 6.25. The minimum Gasteiger partial charge on any atom is -0.493 e. The Morgan fingerprint density at radius 2 is 1.92 bits per heavy atom. The van der Waals surface area contributed by atoms with Crippen molar-refractivity contribution >= 4 is 23.5 Å². The molecule has 7 nitrogen and oxygen atoms in total. The molecule has 8 heteroatoms. The Morgan fingerprint density at radius 3 is 2.62 bits per heavy atom. The Balaban J connectivity index is 1.66. The average molecular weight is 376 g/mol. The van der Waals surface area contributed by atoms with Crippen molar-refractivity contribution in [2.24, 2.45) is 5.73 Å². The molecule has 2 N–H and O–H groups in total. The van der Waals surface area contributed by atoms with Crippen LogP contribution in [-0.2, 0) is 0 Å². The van der Waals surface area contributed by atoms with Crippen LogP contribution in [0.2, 0.25) is 5.02 Å². The minimum atomic E-state index is -0.0574. The van der Waals surface area contributed by atoms with Crippen LogP contribution in [0.15, 0.2) is 36.7 Å². The second-order valence-corrected chi connectivity index (χ2v) is 6.40. The van der Waals surface area contributed by atoms with Gasteiger partial charge in [0.1, 0.15) is 5.75 Å². The van der Waals surface area contributed by atoms with Gasteiger partial charge in [-0.05, 0) is 37.2 Å². The zero-order chi connectivity index (χ0) is 18.4. The molecule has 2 aromatic rings. The number of rotatable bonds is 6. The molecule has 1 amide bonds. The summed E-state index contributed by atoms with van der Waals surface area (Å²) >= 11 is 6.06. The smallest absolute Gasteiger partial charge is 0.257 e. The normalized spacial score (nSPS) is 14.4. The summed E-state index contributed by atoms with van der Waals surface area (Å²) in [4.78, 5) is 25.4. The summed E-state index contributed by atoms with van der Waals surface area (Å²) in [7, 11) is 0. The molecule has 0 radical (unpaired) electrons. The Labute approximate surface area is 157 Å². The summed E-state index contributed by atoms with van der Waals surface area (Å²) in [5.41, 5.74) is 6.03. The number of aromatic nitrogens is 2. The number of carbonyl (C=O) groups is 1. The second kappa shape index (κ2) is 8.82. The van der Waals surface area contributed by atoms with Crippen molar-refractivity contribution in [3.05, 3.63) is 47.2 Å². The molecule has 1 aromatic carbocycles. The maximum atomic E-state index is 12.9. The predicted molar refractivity (Wildman–Crippen MR) is 101 cm³/mol. The summed E-state index contributed by atoms with van der Waals surface area (Å²) < 4.78 is 5.72. The zero-order valence-corrected chi connectivity index (χ0v) is 15.2. The molecule has 1 aromatic heterocycles. The topological polar surface area (TPSA) is 84.6 Å². The molecule has 1 aliphatic heterocycles. The fourth-order valence-electron chi connectivity index (χ4n) is 2.79. The summed E-state index contributed by atoms with van der Waals surface area (Å²) in [6.45, 7) is 3.56. The highest BCUT2D eigenvalue weighted by Crippen LogP contribution is 2.25. The monoisotopic (exact) mass is 375 g/mol. The molecule has 0 bridgehead atoms. The molecule has 0 aliphatic carbocycles. The number of carbonyl (C=O) groups excluding carboxylic acids is 1. The standard InChI is InChI=1S/C18H22ClN5O2/c19-14-3-4-15(16(13-14)26-12-1-5-20)17(25)23-8-10-24(11-9-23)18-21-6-2-7-22-18/h2-4,6-7,13H,1,5,8-12,20H2. The molecule has 1 aliphatic rings. The van der Waals surface area contributed by atoms with Crippen LogP contribution in [0.1, 0.15) is 16.8 Å². The van der Waals surface area contributed by atoms with E-state index in [1.807, 2.05) is 4.90 Å². The van der Waals surface area contributed by atoms with Crippen molar-refractivity contribution in [3.8, 4) is 5.75 Å². The first-order chi connectivity index (χ1) is 12.7. The number of nitrogens with zero attached hydrogens (tertiary/aromatic N) is 4. The lowest BCUT2D eigenvalue weighted by Gasteiger charge is -2.34. The molecule has 0 unspecified atom stereocenters. The van der Waals surface area contributed by atoms with E-state index in [-0.39, 0.29) is 5.91 Å². The number of piperazine rings is 1. The van der Waals surface area contributed by atoms with Crippen molar-refractivity contribution < 1.29 is 9.53 Å². The highest BCUT2D eigenvalue weighted by atomic mass is 35.5. The lowest BCUT2D eigenvalue weighted by molar-refractivity contribution is 0.0741. The van der Waals surface area contributed by atoms with E-state index in [0.717, 1.165) is 6.42 Å². The van der Waals surface area contributed by atoms with Gasteiger partial charge in [0.2, 0.25) is 5.95 Å². The average Bonchev–Trinajstić information content (AvgIpc) is 2.69. The highest BCUT2D eigenvalue weighted by Gasteiger charge is 2.25. The maximum Gasteiger partial charge on any atom is 0.257 e. The van der Waals surface area contributed by atoms with Gasteiger partial charge in [0.05, 0.1) is 12.2 Å². The first-order valence-corrected chi connectivity index (χ1v) is 9.00. The SMILES string of the molecule is NCCCOc1cc(Cl)ccc1C(=O)N1CCN(c2ncccn2)CC1. The summed E-state index contributed by atoms with van der Waals surface area (Å²) in [5.74, 6) is 1.14. The summed E-state index contributed by atoms with van der Waals surface area (Å²) in [5, 5.41) is 0.537. The molecule has 26 heavy (non-hydrogen) atoms. The van der Waals surface area contributed by atoms with Crippen molar-refractivity contribution in [1.29, 1.82) is 0 Å². The maximum absolute atomic E-state index is 12.9. The van der Waals surface area contributed by atoms with E-state index in [1.54, 1.807) is 36.7 Å². The fraction of sp³-hybridized carbons (Fsp3) is 0.389. The molecular formula is C18H22ClN5O2. The van der Waals surface area contributed by atoms with Gasteiger partial charge in [-0.15, -0.1) is 0 Å². The lowest BCUT2D eigenvalue weighted by atomic mass is 10.1. The largest absolute Gasteiger partial charge is 0.493 e. The summed E-state index contributed by atoms with van der Waals surface area (Å²) in [6, 6.07) is 6.89. The van der Waals surface area contributed by atoms with Crippen LogP contribution < -0.4 is 15.4 Å². The molecule has 0 atom stereocenters. The molecule has 2 heterocycles. The van der Waals surface area contributed by atoms with Crippen LogP contribution in [-0.4, -0.2) is 60.1 Å². The van der Waals surface area contributed by atoms with Crippen molar-refractivity contribution in [1.82, 2.24) is 14.9 Å². The quantitative estimate of drug-likeness (QED) is 0.775. The van der Waals surface area contributed by atoms with E-state index in [2.05, 4.69) is 14.9 Å². The van der Waals surface area contributed by atoms with Gasteiger partial charge in [0.15, 0.2) is 0 Å². The van der Waals surface area contributed by atoms with Crippen LogP contribution in [0.25, 0.3) is 0 Å². The van der Waals surface area contributed by atoms with Crippen molar-refractivity contribution in [3.63, 3.8) is 0 Å². The van der Waals surface area contributed by atoms with E-state index < -0.39 is 0 Å². The van der Waals surface area contributed by atoms with Gasteiger partial charge in [0, 0.05) is 43.6 Å². The number of halogens is 1. The van der Waals surface area contributed by atoms with E-state index >= 15 is 0 Å². The number of hydrogen-bond acceptors (Lipinski definition) is 6. The molecule has 0 spiro atoms. The zero-order valence-electron chi connectivity index (χ0n) is 14.5. The van der Waals surface area contributed by atoms with Gasteiger partial charge in [-0.3, -0.25) is 4.79 Å². The van der Waals surface area contributed by atoms with Crippen LogP contribution in [0.3, 0.4) is 0 Å². The molecule has 1 saturated heterocycles. The fourth-order valence-corrected chi connectivity index (χ4v) is 2.95. The first kappa shape index (κ1) is 18.4. The molecule has 138 valence electrons. The molecular weight excluding hydrogens is 354 g/mol. The Hall–Kier alpha value is -2.38. The predicted octanol–water partition coefficient (Wildman–Crippen LogP) is 1.82. The van der Waals surface area contributed by atoms with Gasteiger partial charge < -0.3 is 20.3 Å². The second-order valence-electron chi connectivity index (χ2n) is 5.96. The highest BCUT2D eigenvalue weighted by molar-refractivity contribution is 6.30. The van der Waals surface area contributed by atoms with Gasteiger partial charge in [-0.1, -0.05) is 11.6 Å². The number of ether oxygens (including phenoxy) is 1. The van der Waals surface area contributed by atoms with Crippen molar-refractivity contribution in [2.45, 2.75) is 6.42 Å². The Bertz CT molecular complexity index is 736. The molecule has 1 fully saturated rings. The van der Waals surface area contributed by atoms with E-state index in [9.17, 15) is 4.79 Å². The van der Waals surface area contributed by atoms with E-state index in [4.69, 9.17) is 22.1 Å². The molecule has 3 rings (SSSR count). The molecule has 0 saturated carbocycles. The van der Waals surface area contributed by atoms with Crippen LogP contribution in [0.4, 0.5) is 5.95 Å². The van der Waals surface area contributed by atoms with Gasteiger partial charge in [0.25, 0.3) is 5.91 Å². The van der Waals surface area contributed by atoms with Gasteiger partial charge in [-0.2, -0.15) is 0 Å². The minimum absolute atomic E-state index is 0.0574. The van der Waals surface area contributed by atoms with Gasteiger partial charge in [-0.25, -0.2) is 9.97 Å². The Morgan fingerprint density at radius 1 is 1.19 bits per heavy atom. The van der Waals surface area contributed by atoms with Crippen molar-refractivity contribution in [2.75, 3.05) is 44.2 Å². The lowest BCUT2D eigenvalue weighted by Crippen LogP contribution is -2.49. The van der Waals surface area contributed by atoms with Crippen LogP contribution in [0.5, 0.6) is 5.75 Å². The third-order valence-electron chi connectivity index (χ3n) is 4.18. The number of anilines is 1. The van der Waals surface area contributed by atoms with Crippen LogP contribution in [0, 0.1) is 0 Å². The first-order valence-electron chi connectivity index (χ1n) is 8.62. The number of nitrogens with two attached hydrogens (primary N) is 1.